The SMILES string of the molecule is CC(=O)N1[C@@H](C(=O)OCC(=O)NC(N)=O)CS[C@@H]1c1ccco1. The van der Waals surface area contributed by atoms with E-state index in [1.807, 2.05) is 0 Å². The fourth-order valence-electron chi connectivity index (χ4n) is 2.13. The van der Waals surface area contributed by atoms with E-state index < -0.39 is 35.9 Å². The van der Waals surface area contributed by atoms with Gasteiger partial charge in [0.15, 0.2) is 6.61 Å². The van der Waals surface area contributed by atoms with Crippen molar-refractivity contribution in [3.8, 4) is 0 Å². The Morgan fingerprint density at radius 1 is 1.48 bits per heavy atom. The Hall–Kier alpha value is -2.49. The minimum atomic E-state index is -1.04. The van der Waals surface area contributed by atoms with Crippen LogP contribution in [0, 0.1) is 0 Å². The number of amides is 4. The molecule has 0 radical (unpaired) electrons. The lowest BCUT2D eigenvalue weighted by atomic mass is 10.2. The lowest BCUT2D eigenvalue weighted by molar-refractivity contribution is -0.156. The maximum absolute atomic E-state index is 12.1. The number of esters is 1. The minimum Gasteiger partial charge on any atom is -0.466 e. The van der Waals surface area contributed by atoms with Gasteiger partial charge in [0.1, 0.15) is 17.2 Å². The van der Waals surface area contributed by atoms with E-state index in [1.54, 1.807) is 17.4 Å². The zero-order valence-corrected chi connectivity index (χ0v) is 13.0. The number of nitrogens with two attached hydrogens (primary N) is 1. The Balaban J connectivity index is 2.01. The highest BCUT2D eigenvalue weighted by atomic mass is 32.2. The van der Waals surface area contributed by atoms with Crippen molar-refractivity contribution in [3.63, 3.8) is 0 Å². The fourth-order valence-corrected chi connectivity index (χ4v) is 3.55. The third-order valence-electron chi connectivity index (χ3n) is 3.03. The summed E-state index contributed by atoms with van der Waals surface area (Å²) in [6.07, 6.45) is 1.48. The van der Waals surface area contributed by atoms with Crippen LogP contribution in [0.4, 0.5) is 4.79 Å². The summed E-state index contributed by atoms with van der Waals surface area (Å²) in [7, 11) is 0. The first-order valence-corrected chi connectivity index (χ1v) is 7.65. The molecule has 0 aliphatic carbocycles. The van der Waals surface area contributed by atoms with E-state index in [1.165, 1.54) is 29.8 Å². The number of thioether (sulfide) groups is 1. The van der Waals surface area contributed by atoms with Crippen molar-refractivity contribution in [2.24, 2.45) is 5.73 Å². The van der Waals surface area contributed by atoms with Gasteiger partial charge in [0.2, 0.25) is 5.91 Å². The first kappa shape index (κ1) is 16.9. The molecule has 1 aliphatic rings. The summed E-state index contributed by atoms with van der Waals surface area (Å²) < 4.78 is 10.1. The monoisotopic (exact) mass is 341 g/mol. The molecule has 0 aromatic carbocycles. The molecule has 2 atom stereocenters. The molecule has 9 nitrogen and oxygen atoms in total. The second-order valence-corrected chi connectivity index (χ2v) is 5.78. The third-order valence-corrected chi connectivity index (χ3v) is 4.31. The van der Waals surface area contributed by atoms with Crippen LogP contribution in [-0.2, 0) is 19.1 Å². The van der Waals surface area contributed by atoms with E-state index >= 15 is 0 Å². The predicted octanol–water partition coefficient (Wildman–Crippen LogP) is -0.0198. The van der Waals surface area contributed by atoms with E-state index in [0.29, 0.717) is 11.5 Å². The number of nitrogens with zero attached hydrogens (tertiary/aromatic N) is 1. The molecule has 1 fully saturated rings. The number of furan rings is 1. The second-order valence-electron chi connectivity index (χ2n) is 4.66. The smallest absolute Gasteiger partial charge is 0.330 e. The predicted molar refractivity (Wildman–Crippen MR) is 78.9 cm³/mol. The second kappa shape index (κ2) is 7.18. The van der Waals surface area contributed by atoms with Crippen molar-refractivity contribution in [2.75, 3.05) is 12.4 Å². The van der Waals surface area contributed by atoms with Crippen molar-refractivity contribution >= 4 is 35.6 Å². The zero-order valence-electron chi connectivity index (χ0n) is 12.2. The Kier molecular flexibility index (Phi) is 5.27. The molecule has 23 heavy (non-hydrogen) atoms. The van der Waals surface area contributed by atoms with E-state index in [2.05, 4.69) is 0 Å². The Morgan fingerprint density at radius 2 is 2.22 bits per heavy atom. The summed E-state index contributed by atoms with van der Waals surface area (Å²) in [4.78, 5) is 47.1. The van der Waals surface area contributed by atoms with Gasteiger partial charge in [-0.2, -0.15) is 0 Å². The number of ether oxygens (including phenoxy) is 1. The molecular formula is C13H15N3O6S. The number of hydrogen-bond acceptors (Lipinski definition) is 7. The van der Waals surface area contributed by atoms with Gasteiger partial charge in [-0.25, -0.2) is 9.59 Å². The molecule has 0 saturated carbocycles. The highest BCUT2D eigenvalue weighted by molar-refractivity contribution is 7.99. The maximum atomic E-state index is 12.1. The molecule has 1 aromatic rings. The molecule has 10 heteroatoms. The van der Waals surface area contributed by atoms with Crippen LogP contribution in [0.2, 0.25) is 0 Å². The van der Waals surface area contributed by atoms with Gasteiger partial charge in [0, 0.05) is 12.7 Å². The molecule has 2 heterocycles. The van der Waals surface area contributed by atoms with Gasteiger partial charge in [0.05, 0.1) is 6.26 Å². The first-order chi connectivity index (χ1) is 10.9. The molecule has 4 amide bonds. The van der Waals surface area contributed by atoms with Crippen LogP contribution in [0.15, 0.2) is 22.8 Å². The Bertz CT molecular complexity index is 617. The van der Waals surface area contributed by atoms with E-state index in [0.717, 1.165) is 0 Å². The molecule has 3 N–H and O–H groups in total. The van der Waals surface area contributed by atoms with Gasteiger partial charge in [-0.15, -0.1) is 11.8 Å². The Labute approximate surface area is 135 Å². The van der Waals surface area contributed by atoms with Crippen molar-refractivity contribution < 1.29 is 28.3 Å². The highest BCUT2D eigenvalue weighted by Gasteiger charge is 2.43. The average Bonchev–Trinajstić information content (AvgIpc) is 3.11. The third kappa shape index (κ3) is 4.03. The van der Waals surface area contributed by atoms with Gasteiger partial charge in [-0.1, -0.05) is 0 Å². The number of hydrogen-bond donors (Lipinski definition) is 2. The van der Waals surface area contributed by atoms with E-state index in [-0.39, 0.29) is 5.91 Å². The van der Waals surface area contributed by atoms with Crippen LogP contribution in [0.3, 0.4) is 0 Å². The zero-order chi connectivity index (χ0) is 17.0. The molecule has 1 aliphatic heterocycles. The summed E-state index contributed by atoms with van der Waals surface area (Å²) in [5, 5.41) is 1.34. The van der Waals surface area contributed by atoms with Crippen LogP contribution < -0.4 is 11.1 Å². The molecule has 1 saturated heterocycles. The van der Waals surface area contributed by atoms with Crippen molar-refractivity contribution in [3.05, 3.63) is 24.2 Å². The van der Waals surface area contributed by atoms with Gasteiger partial charge < -0.3 is 19.8 Å². The Morgan fingerprint density at radius 3 is 2.78 bits per heavy atom. The van der Waals surface area contributed by atoms with Crippen molar-refractivity contribution in [1.29, 1.82) is 0 Å². The van der Waals surface area contributed by atoms with Gasteiger partial charge in [-0.05, 0) is 12.1 Å². The lowest BCUT2D eigenvalue weighted by Gasteiger charge is -2.25. The summed E-state index contributed by atoms with van der Waals surface area (Å²) in [5.41, 5.74) is 4.78. The number of nitrogens with one attached hydrogen (secondary N) is 1. The molecule has 0 unspecified atom stereocenters. The molecule has 124 valence electrons. The number of rotatable bonds is 4. The highest BCUT2D eigenvalue weighted by Crippen LogP contribution is 2.41. The summed E-state index contributed by atoms with van der Waals surface area (Å²) in [6.45, 7) is 0.683. The molecule has 0 spiro atoms. The van der Waals surface area contributed by atoms with Crippen LogP contribution in [-0.4, -0.2) is 47.1 Å². The first-order valence-electron chi connectivity index (χ1n) is 6.60. The van der Waals surface area contributed by atoms with Crippen molar-refractivity contribution in [1.82, 2.24) is 10.2 Å². The number of primary amides is 1. The van der Waals surface area contributed by atoms with Gasteiger partial charge in [-0.3, -0.25) is 14.9 Å². The number of carbonyl (C=O) groups is 4. The van der Waals surface area contributed by atoms with Gasteiger partial charge >= 0.3 is 12.0 Å². The van der Waals surface area contributed by atoms with Crippen LogP contribution in [0.25, 0.3) is 0 Å². The van der Waals surface area contributed by atoms with E-state index in [4.69, 9.17) is 14.9 Å². The topological polar surface area (TPSA) is 132 Å². The molecular weight excluding hydrogens is 326 g/mol. The minimum absolute atomic E-state index is 0.307. The number of imide groups is 1. The molecule has 0 bridgehead atoms. The lowest BCUT2D eigenvalue weighted by Crippen LogP contribution is -2.44. The summed E-state index contributed by atoms with van der Waals surface area (Å²) >= 11 is 1.35. The maximum Gasteiger partial charge on any atom is 0.330 e. The largest absolute Gasteiger partial charge is 0.466 e. The normalized spacial score (nSPS) is 20.1. The standard InChI is InChI=1S/C13H15N3O6S/c1-7(17)16-8(6-23-11(16)9-3-2-4-21-9)12(19)22-5-10(18)15-13(14)20/h2-4,8,11H,5-6H2,1H3,(H3,14,15,18,20)/t8-,11-/m1/s1. The quantitative estimate of drug-likeness (QED) is 0.735. The molecule has 1 aromatic heterocycles. The van der Waals surface area contributed by atoms with Gasteiger partial charge in [0.25, 0.3) is 5.91 Å². The van der Waals surface area contributed by atoms with Crippen LogP contribution >= 0.6 is 11.8 Å². The average molecular weight is 341 g/mol. The van der Waals surface area contributed by atoms with Crippen molar-refractivity contribution in [2.45, 2.75) is 18.3 Å². The summed E-state index contributed by atoms with van der Waals surface area (Å²) in [5.74, 6) is -1.04. The number of carbonyl (C=O) groups excluding carboxylic acids is 4. The number of urea groups is 1. The molecule has 2 rings (SSSR count). The van der Waals surface area contributed by atoms with Crippen LogP contribution in [0.5, 0.6) is 0 Å². The van der Waals surface area contributed by atoms with Crippen LogP contribution in [0.1, 0.15) is 18.1 Å². The summed E-state index contributed by atoms with van der Waals surface area (Å²) in [6, 6.07) is 1.52. The van der Waals surface area contributed by atoms with E-state index in [9.17, 15) is 19.2 Å². The fraction of sp³-hybridized carbons (Fsp3) is 0.385.